The van der Waals surface area contributed by atoms with Crippen molar-refractivity contribution in [3.8, 4) is 0 Å². The van der Waals surface area contributed by atoms with Crippen LogP contribution in [0.25, 0.3) is 0 Å². The van der Waals surface area contributed by atoms with Gasteiger partial charge in [-0.1, -0.05) is 5.21 Å². The van der Waals surface area contributed by atoms with Gasteiger partial charge in [-0.15, -0.1) is 5.10 Å². The van der Waals surface area contributed by atoms with Crippen LogP contribution in [0.3, 0.4) is 0 Å². The predicted molar refractivity (Wildman–Crippen MR) is 83.2 cm³/mol. The van der Waals surface area contributed by atoms with Crippen molar-refractivity contribution in [2.24, 2.45) is 13.0 Å². The second kappa shape index (κ2) is 7.09. The summed E-state index contributed by atoms with van der Waals surface area (Å²) in [5.41, 5.74) is 0.525. The minimum atomic E-state index is -0.423. The lowest BCUT2D eigenvalue weighted by Crippen LogP contribution is -2.35. The summed E-state index contributed by atoms with van der Waals surface area (Å²) in [5, 5.41) is 11.3. The average molecular weight is 309 g/mol. The van der Waals surface area contributed by atoms with Gasteiger partial charge in [-0.25, -0.2) is 4.79 Å². The van der Waals surface area contributed by atoms with E-state index >= 15 is 0 Å². The fraction of sp³-hybridized carbons (Fsp3) is 0.800. The largest absolute Gasteiger partial charge is 0.444 e. The van der Waals surface area contributed by atoms with Crippen LogP contribution < -0.4 is 5.32 Å². The van der Waals surface area contributed by atoms with Crippen molar-refractivity contribution in [2.45, 2.75) is 45.8 Å². The van der Waals surface area contributed by atoms with Gasteiger partial charge in [-0.05, 0) is 46.1 Å². The molecule has 0 saturated carbocycles. The lowest BCUT2D eigenvalue weighted by Gasteiger charge is -2.24. The van der Waals surface area contributed by atoms with Crippen LogP contribution in [0.2, 0.25) is 0 Å². The Labute approximate surface area is 132 Å². The third kappa shape index (κ3) is 5.29. The normalized spacial score (nSPS) is 18.7. The summed E-state index contributed by atoms with van der Waals surface area (Å²) in [6.45, 7) is 8.93. The first-order chi connectivity index (χ1) is 10.3. The lowest BCUT2D eigenvalue weighted by molar-refractivity contribution is 0.0287. The molecule has 1 aromatic rings. The van der Waals surface area contributed by atoms with E-state index in [0.29, 0.717) is 5.92 Å². The fourth-order valence-electron chi connectivity index (χ4n) is 2.56. The second-order valence-electron chi connectivity index (χ2n) is 6.93. The first kappa shape index (κ1) is 16.7. The number of carbonyl (C=O) groups is 1. The van der Waals surface area contributed by atoms with Gasteiger partial charge in [0.15, 0.2) is 0 Å². The SMILES string of the molecule is Cn1cc(CNCCC2CCN(C(=O)OC(C)(C)C)C2)nn1. The van der Waals surface area contributed by atoms with Crippen LogP contribution in [-0.2, 0) is 18.3 Å². The van der Waals surface area contributed by atoms with Gasteiger partial charge < -0.3 is 15.0 Å². The summed E-state index contributed by atoms with van der Waals surface area (Å²) in [4.78, 5) is 13.8. The Kier molecular flexibility index (Phi) is 5.39. The maximum atomic E-state index is 12.0. The van der Waals surface area contributed by atoms with E-state index in [1.54, 1.807) is 4.68 Å². The first-order valence-corrected chi connectivity index (χ1v) is 7.87. The van der Waals surface area contributed by atoms with E-state index in [4.69, 9.17) is 4.74 Å². The van der Waals surface area contributed by atoms with Gasteiger partial charge in [0.05, 0.1) is 5.69 Å². The highest BCUT2D eigenvalue weighted by atomic mass is 16.6. The number of rotatable bonds is 5. The number of nitrogens with one attached hydrogen (secondary N) is 1. The van der Waals surface area contributed by atoms with E-state index in [1.807, 2.05) is 38.9 Å². The third-order valence-corrected chi connectivity index (χ3v) is 3.62. The third-order valence-electron chi connectivity index (χ3n) is 3.62. The Balaban J connectivity index is 1.63. The maximum Gasteiger partial charge on any atom is 0.410 e. The second-order valence-corrected chi connectivity index (χ2v) is 6.93. The highest BCUT2D eigenvalue weighted by molar-refractivity contribution is 5.68. The van der Waals surface area contributed by atoms with Crippen LogP contribution in [0.4, 0.5) is 4.79 Å². The molecule has 1 fully saturated rings. The van der Waals surface area contributed by atoms with Crippen molar-refractivity contribution in [3.63, 3.8) is 0 Å². The smallest absolute Gasteiger partial charge is 0.410 e. The minimum Gasteiger partial charge on any atom is -0.444 e. The molecule has 7 heteroatoms. The molecule has 0 spiro atoms. The molecule has 2 rings (SSSR count). The van der Waals surface area contributed by atoms with Crippen LogP contribution in [0.1, 0.15) is 39.3 Å². The molecule has 1 atom stereocenters. The van der Waals surface area contributed by atoms with Gasteiger partial charge in [-0.2, -0.15) is 0 Å². The number of hydrogen-bond donors (Lipinski definition) is 1. The van der Waals surface area contributed by atoms with Gasteiger partial charge in [-0.3, -0.25) is 4.68 Å². The van der Waals surface area contributed by atoms with E-state index in [9.17, 15) is 4.79 Å². The highest BCUT2D eigenvalue weighted by Crippen LogP contribution is 2.21. The molecule has 22 heavy (non-hydrogen) atoms. The molecule has 1 aromatic heterocycles. The monoisotopic (exact) mass is 309 g/mol. The van der Waals surface area contributed by atoms with Crippen molar-refractivity contribution in [3.05, 3.63) is 11.9 Å². The Morgan fingerprint density at radius 1 is 1.50 bits per heavy atom. The van der Waals surface area contributed by atoms with E-state index in [0.717, 1.165) is 44.7 Å². The van der Waals surface area contributed by atoms with Crippen LogP contribution in [0.15, 0.2) is 6.20 Å². The molecule has 1 aliphatic rings. The van der Waals surface area contributed by atoms with Gasteiger partial charge >= 0.3 is 6.09 Å². The Bertz CT molecular complexity index is 494. The molecule has 0 bridgehead atoms. The molecule has 2 heterocycles. The number of aromatic nitrogens is 3. The number of amides is 1. The van der Waals surface area contributed by atoms with Crippen molar-refractivity contribution in [1.29, 1.82) is 0 Å². The van der Waals surface area contributed by atoms with E-state index in [-0.39, 0.29) is 6.09 Å². The molecule has 0 radical (unpaired) electrons. The Morgan fingerprint density at radius 2 is 2.27 bits per heavy atom. The van der Waals surface area contributed by atoms with Gasteiger partial charge in [0.2, 0.25) is 0 Å². The number of nitrogens with zero attached hydrogens (tertiary/aromatic N) is 4. The maximum absolute atomic E-state index is 12.0. The van der Waals surface area contributed by atoms with Crippen molar-refractivity contribution >= 4 is 6.09 Å². The summed E-state index contributed by atoms with van der Waals surface area (Å²) in [6, 6.07) is 0. The number of likely N-dealkylation sites (tertiary alicyclic amines) is 1. The number of aryl methyl sites for hydroxylation is 1. The van der Waals surface area contributed by atoms with Crippen molar-refractivity contribution in [1.82, 2.24) is 25.2 Å². The quantitative estimate of drug-likeness (QED) is 0.836. The standard InChI is InChI=1S/C15H27N5O2/c1-15(2,3)22-14(21)20-8-6-12(10-20)5-7-16-9-13-11-19(4)18-17-13/h11-12,16H,5-10H2,1-4H3. The van der Waals surface area contributed by atoms with Gasteiger partial charge in [0, 0.05) is 32.9 Å². The van der Waals surface area contributed by atoms with Crippen molar-refractivity contribution < 1.29 is 9.53 Å². The Hall–Kier alpha value is -1.63. The zero-order valence-corrected chi connectivity index (χ0v) is 14.0. The zero-order valence-electron chi connectivity index (χ0n) is 14.0. The molecule has 0 aliphatic carbocycles. The van der Waals surface area contributed by atoms with E-state index < -0.39 is 5.60 Å². The first-order valence-electron chi connectivity index (χ1n) is 7.87. The minimum absolute atomic E-state index is 0.192. The van der Waals surface area contributed by atoms with Gasteiger partial charge in [0.1, 0.15) is 5.60 Å². The summed E-state index contributed by atoms with van der Waals surface area (Å²) < 4.78 is 7.11. The van der Waals surface area contributed by atoms with Crippen LogP contribution in [0, 0.1) is 5.92 Å². The number of carbonyl (C=O) groups excluding carboxylic acids is 1. The summed E-state index contributed by atoms with van der Waals surface area (Å²) in [5.74, 6) is 0.543. The molecule has 0 aromatic carbocycles. The molecule has 1 aliphatic heterocycles. The van der Waals surface area contributed by atoms with Gasteiger partial charge in [0.25, 0.3) is 0 Å². The Morgan fingerprint density at radius 3 is 2.91 bits per heavy atom. The van der Waals surface area contributed by atoms with Crippen molar-refractivity contribution in [2.75, 3.05) is 19.6 Å². The molecule has 7 nitrogen and oxygen atoms in total. The lowest BCUT2D eigenvalue weighted by atomic mass is 10.1. The molecule has 1 saturated heterocycles. The van der Waals surface area contributed by atoms with Crippen LogP contribution in [-0.4, -0.2) is 51.2 Å². The number of hydrogen-bond acceptors (Lipinski definition) is 5. The fourth-order valence-corrected chi connectivity index (χ4v) is 2.56. The molecule has 1 unspecified atom stereocenters. The molecular weight excluding hydrogens is 282 g/mol. The summed E-state index contributed by atoms with van der Waals surface area (Å²) in [6.07, 6.45) is 3.82. The molecular formula is C15H27N5O2. The molecule has 1 N–H and O–H groups in total. The highest BCUT2D eigenvalue weighted by Gasteiger charge is 2.29. The van der Waals surface area contributed by atoms with Crippen LogP contribution in [0.5, 0.6) is 0 Å². The predicted octanol–water partition coefficient (Wildman–Crippen LogP) is 1.55. The van der Waals surface area contributed by atoms with E-state index in [1.165, 1.54) is 0 Å². The number of ether oxygens (including phenoxy) is 1. The molecule has 1 amide bonds. The topological polar surface area (TPSA) is 72.3 Å². The average Bonchev–Trinajstić information content (AvgIpc) is 3.02. The van der Waals surface area contributed by atoms with E-state index in [2.05, 4.69) is 15.6 Å². The summed E-state index contributed by atoms with van der Waals surface area (Å²) in [7, 11) is 1.86. The zero-order chi connectivity index (χ0) is 16.2. The van der Waals surface area contributed by atoms with Crippen LogP contribution >= 0.6 is 0 Å². The molecule has 124 valence electrons. The summed E-state index contributed by atoms with van der Waals surface area (Å²) >= 11 is 0.